The molecule has 158 valence electrons. The third kappa shape index (κ3) is 4.55. The maximum atomic E-state index is 13.0. The van der Waals surface area contributed by atoms with Crippen LogP contribution in [0.2, 0.25) is 0 Å². The molecule has 1 aliphatic rings. The molecule has 3 aromatic heterocycles. The maximum absolute atomic E-state index is 13.0. The average Bonchev–Trinajstić information content (AvgIpc) is 3.48. The Morgan fingerprint density at radius 2 is 1.42 bits per heavy atom. The first-order valence-electron chi connectivity index (χ1n) is 11.0. The molecule has 1 aromatic carbocycles. The zero-order valence-electron chi connectivity index (χ0n) is 17.3. The van der Waals surface area contributed by atoms with E-state index >= 15 is 0 Å². The van der Waals surface area contributed by atoms with Crippen molar-refractivity contribution in [3.05, 3.63) is 58.8 Å². The van der Waals surface area contributed by atoms with Crippen LogP contribution in [0.4, 0.5) is 0 Å². The molecular formula is C25H25N3OS2. The third-order valence-corrected chi connectivity index (χ3v) is 7.63. The number of rotatable bonds is 4. The van der Waals surface area contributed by atoms with Crippen LogP contribution in [0.25, 0.3) is 32.2 Å². The van der Waals surface area contributed by atoms with Gasteiger partial charge in [0, 0.05) is 11.6 Å². The van der Waals surface area contributed by atoms with E-state index in [-0.39, 0.29) is 11.9 Å². The topological polar surface area (TPSA) is 54.9 Å². The monoisotopic (exact) mass is 447 g/mol. The maximum Gasteiger partial charge on any atom is 0.251 e. The minimum Gasteiger partial charge on any atom is -0.349 e. The number of hydrogen-bond donors (Lipinski definition) is 1. The van der Waals surface area contributed by atoms with Crippen LogP contribution in [-0.2, 0) is 0 Å². The Hall–Kier alpha value is -2.57. The van der Waals surface area contributed by atoms with Gasteiger partial charge in [0.05, 0.1) is 20.8 Å². The van der Waals surface area contributed by atoms with Gasteiger partial charge in [0.25, 0.3) is 5.91 Å². The third-order valence-electron chi connectivity index (χ3n) is 5.88. The van der Waals surface area contributed by atoms with Gasteiger partial charge in [-0.3, -0.25) is 4.79 Å². The van der Waals surface area contributed by atoms with Crippen LogP contribution in [0.3, 0.4) is 0 Å². The number of aromatic nitrogens is 2. The van der Waals surface area contributed by atoms with E-state index in [0.29, 0.717) is 5.56 Å². The van der Waals surface area contributed by atoms with Gasteiger partial charge in [0.15, 0.2) is 0 Å². The molecule has 1 amide bonds. The largest absolute Gasteiger partial charge is 0.349 e. The zero-order valence-corrected chi connectivity index (χ0v) is 19.0. The molecule has 4 aromatic rings. The Balaban J connectivity index is 1.48. The first kappa shape index (κ1) is 20.3. The van der Waals surface area contributed by atoms with E-state index in [1.807, 2.05) is 30.3 Å². The quantitative estimate of drug-likeness (QED) is 0.369. The molecule has 0 radical (unpaired) electrons. The second-order valence-electron chi connectivity index (χ2n) is 8.09. The normalized spacial score (nSPS) is 15.5. The number of carbonyl (C=O) groups is 1. The standard InChI is InChI=1S/C25H25N3OS2/c29-25(26-18-8-4-2-1-3-5-9-18)17-12-13-19-20(16-17)28-24(22-11-7-15-31-22)23(27-19)21-10-6-14-30-21/h6-7,10-16,18H,1-5,8-9H2,(H,26,29). The summed E-state index contributed by atoms with van der Waals surface area (Å²) in [5.74, 6) is -0.00530. The van der Waals surface area contributed by atoms with E-state index in [2.05, 4.69) is 28.2 Å². The van der Waals surface area contributed by atoms with Gasteiger partial charge in [-0.15, -0.1) is 22.7 Å². The average molecular weight is 448 g/mol. The molecule has 1 saturated carbocycles. The van der Waals surface area contributed by atoms with Gasteiger partial charge in [0.1, 0.15) is 11.4 Å². The number of amides is 1. The summed E-state index contributed by atoms with van der Waals surface area (Å²) in [5, 5.41) is 7.37. The number of nitrogens with zero attached hydrogens (tertiary/aromatic N) is 2. The zero-order chi connectivity index (χ0) is 21.0. The highest BCUT2D eigenvalue weighted by Gasteiger charge is 2.18. The number of hydrogen-bond acceptors (Lipinski definition) is 5. The lowest BCUT2D eigenvalue weighted by Crippen LogP contribution is -2.35. The van der Waals surface area contributed by atoms with E-state index in [1.165, 1.54) is 32.1 Å². The fourth-order valence-corrected chi connectivity index (χ4v) is 5.66. The van der Waals surface area contributed by atoms with Crippen LogP contribution in [0, 0.1) is 0 Å². The highest BCUT2D eigenvalue weighted by molar-refractivity contribution is 7.14. The van der Waals surface area contributed by atoms with Crippen molar-refractivity contribution in [1.29, 1.82) is 0 Å². The summed E-state index contributed by atoms with van der Waals surface area (Å²) < 4.78 is 0. The highest BCUT2D eigenvalue weighted by Crippen LogP contribution is 2.35. The van der Waals surface area contributed by atoms with Gasteiger partial charge < -0.3 is 5.32 Å². The molecule has 5 rings (SSSR count). The molecular weight excluding hydrogens is 422 g/mol. The summed E-state index contributed by atoms with van der Waals surface area (Å²) in [4.78, 5) is 25.1. The van der Waals surface area contributed by atoms with Gasteiger partial charge in [0.2, 0.25) is 0 Å². The number of benzene rings is 1. The molecule has 1 N–H and O–H groups in total. The van der Waals surface area contributed by atoms with E-state index in [4.69, 9.17) is 9.97 Å². The molecule has 4 nitrogen and oxygen atoms in total. The van der Waals surface area contributed by atoms with Crippen LogP contribution < -0.4 is 5.32 Å². The summed E-state index contributed by atoms with van der Waals surface area (Å²) in [5.41, 5.74) is 4.00. The Morgan fingerprint density at radius 3 is 2.03 bits per heavy atom. The van der Waals surface area contributed by atoms with Crippen LogP contribution in [0.1, 0.15) is 55.3 Å². The fraction of sp³-hybridized carbons (Fsp3) is 0.320. The fourth-order valence-electron chi connectivity index (χ4n) is 4.23. The number of thiophene rings is 2. The van der Waals surface area contributed by atoms with Crippen molar-refractivity contribution in [2.24, 2.45) is 0 Å². The molecule has 3 heterocycles. The predicted molar refractivity (Wildman–Crippen MR) is 130 cm³/mol. The molecule has 31 heavy (non-hydrogen) atoms. The van der Waals surface area contributed by atoms with Gasteiger partial charge >= 0.3 is 0 Å². The summed E-state index contributed by atoms with van der Waals surface area (Å²) in [6, 6.07) is 14.2. The summed E-state index contributed by atoms with van der Waals surface area (Å²) in [7, 11) is 0. The lowest BCUT2D eigenvalue weighted by atomic mass is 9.96. The van der Waals surface area contributed by atoms with Crippen molar-refractivity contribution in [1.82, 2.24) is 15.3 Å². The number of fused-ring (bicyclic) bond motifs is 1. The van der Waals surface area contributed by atoms with Crippen molar-refractivity contribution in [3.8, 4) is 21.1 Å². The Morgan fingerprint density at radius 1 is 0.806 bits per heavy atom. The van der Waals surface area contributed by atoms with E-state index < -0.39 is 0 Å². The Bertz CT molecular complexity index is 1160. The molecule has 0 unspecified atom stereocenters. The summed E-state index contributed by atoms with van der Waals surface area (Å²) in [6.45, 7) is 0. The Labute approximate surface area is 190 Å². The smallest absolute Gasteiger partial charge is 0.251 e. The van der Waals surface area contributed by atoms with Crippen molar-refractivity contribution < 1.29 is 4.79 Å². The minimum atomic E-state index is -0.00530. The number of nitrogens with one attached hydrogen (secondary N) is 1. The molecule has 0 aliphatic heterocycles. The lowest BCUT2D eigenvalue weighted by Gasteiger charge is -2.21. The van der Waals surface area contributed by atoms with Crippen LogP contribution in [0.15, 0.2) is 53.2 Å². The Kier molecular flexibility index (Phi) is 6.09. The molecule has 0 saturated heterocycles. The SMILES string of the molecule is O=C(NC1CCCCCCC1)c1ccc2nc(-c3cccs3)c(-c3cccs3)nc2c1. The van der Waals surface area contributed by atoms with E-state index in [1.54, 1.807) is 22.7 Å². The molecule has 1 aliphatic carbocycles. The van der Waals surface area contributed by atoms with Crippen LogP contribution in [0.5, 0.6) is 0 Å². The van der Waals surface area contributed by atoms with Gasteiger partial charge in [-0.05, 0) is 53.9 Å². The first-order chi connectivity index (χ1) is 15.3. The second kappa shape index (κ2) is 9.28. The molecule has 6 heteroatoms. The first-order valence-corrected chi connectivity index (χ1v) is 12.7. The van der Waals surface area contributed by atoms with E-state index in [0.717, 1.165) is 45.0 Å². The van der Waals surface area contributed by atoms with Crippen LogP contribution in [-0.4, -0.2) is 21.9 Å². The van der Waals surface area contributed by atoms with E-state index in [9.17, 15) is 4.79 Å². The molecule has 0 atom stereocenters. The van der Waals surface area contributed by atoms with Crippen molar-refractivity contribution >= 4 is 39.6 Å². The van der Waals surface area contributed by atoms with Crippen molar-refractivity contribution in [3.63, 3.8) is 0 Å². The number of carbonyl (C=O) groups excluding carboxylic acids is 1. The molecule has 0 bridgehead atoms. The molecule has 0 spiro atoms. The minimum absolute atomic E-state index is 0.00530. The van der Waals surface area contributed by atoms with Crippen molar-refractivity contribution in [2.45, 2.75) is 51.0 Å². The second-order valence-corrected chi connectivity index (χ2v) is 9.99. The van der Waals surface area contributed by atoms with Gasteiger partial charge in [-0.1, -0.05) is 44.2 Å². The lowest BCUT2D eigenvalue weighted by molar-refractivity contribution is 0.0930. The summed E-state index contributed by atoms with van der Waals surface area (Å²) in [6.07, 6.45) is 8.42. The predicted octanol–water partition coefficient (Wildman–Crippen LogP) is 6.93. The van der Waals surface area contributed by atoms with Gasteiger partial charge in [-0.25, -0.2) is 9.97 Å². The van der Waals surface area contributed by atoms with Crippen molar-refractivity contribution in [2.75, 3.05) is 0 Å². The van der Waals surface area contributed by atoms with Gasteiger partial charge in [-0.2, -0.15) is 0 Å². The molecule has 1 fully saturated rings. The van der Waals surface area contributed by atoms with Crippen LogP contribution >= 0.6 is 22.7 Å². The summed E-state index contributed by atoms with van der Waals surface area (Å²) >= 11 is 3.32. The highest BCUT2D eigenvalue weighted by atomic mass is 32.1.